The highest BCUT2D eigenvalue weighted by atomic mass is 32.2. The van der Waals surface area contributed by atoms with Crippen LogP contribution >= 0.6 is 0 Å². The van der Waals surface area contributed by atoms with Gasteiger partial charge in [0.05, 0.1) is 32.0 Å². The van der Waals surface area contributed by atoms with Gasteiger partial charge in [-0.3, -0.25) is 4.79 Å². The Balaban J connectivity index is 2.09. The predicted octanol–water partition coefficient (Wildman–Crippen LogP) is 4.31. The molecule has 0 bridgehead atoms. The van der Waals surface area contributed by atoms with Crippen LogP contribution in [0.3, 0.4) is 0 Å². The summed E-state index contributed by atoms with van der Waals surface area (Å²) in [5, 5.41) is 0. The first-order valence-electron chi connectivity index (χ1n) is 7.64. The van der Waals surface area contributed by atoms with Gasteiger partial charge in [0, 0.05) is 12.1 Å². The highest BCUT2D eigenvalue weighted by Crippen LogP contribution is 2.42. The van der Waals surface area contributed by atoms with E-state index in [-0.39, 0.29) is 0 Å². The topological polar surface area (TPSA) is 37.4 Å². The molecule has 114 valence electrons. The van der Waals surface area contributed by atoms with Gasteiger partial charge >= 0.3 is 0 Å². The Morgan fingerprint density at radius 1 is 1.05 bits per heavy atom. The van der Waals surface area contributed by atoms with Crippen LogP contribution in [0.15, 0.2) is 52.3 Å². The minimum atomic E-state index is -1.23. The minimum absolute atomic E-state index is 0.569. The highest BCUT2D eigenvalue weighted by Gasteiger charge is 2.27. The zero-order valence-corrected chi connectivity index (χ0v) is 13.4. The Hall–Kier alpha value is -1.94. The van der Waals surface area contributed by atoms with E-state index >= 15 is 0 Å². The SMILES string of the molecule is CCCCCN1c2ccccc2S(=O)c2cc(C=O)ccc21. The zero-order chi connectivity index (χ0) is 15.5. The van der Waals surface area contributed by atoms with Crippen LogP contribution in [0.2, 0.25) is 0 Å². The fourth-order valence-corrected chi connectivity index (χ4v) is 4.24. The Bertz CT molecular complexity index is 727. The fourth-order valence-electron chi connectivity index (χ4n) is 2.82. The third kappa shape index (κ3) is 2.59. The predicted molar refractivity (Wildman–Crippen MR) is 89.5 cm³/mol. The summed E-state index contributed by atoms with van der Waals surface area (Å²) in [4.78, 5) is 14.8. The number of para-hydroxylation sites is 1. The number of benzene rings is 2. The van der Waals surface area contributed by atoms with Gasteiger partial charge in [-0.05, 0) is 36.8 Å². The van der Waals surface area contributed by atoms with Crippen molar-refractivity contribution in [2.45, 2.75) is 36.0 Å². The number of unbranched alkanes of at least 4 members (excludes halogenated alkanes) is 2. The van der Waals surface area contributed by atoms with Crippen molar-refractivity contribution in [3.05, 3.63) is 48.0 Å². The van der Waals surface area contributed by atoms with Gasteiger partial charge < -0.3 is 4.90 Å². The van der Waals surface area contributed by atoms with Crippen LogP contribution in [0.1, 0.15) is 36.5 Å². The standard InChI is InChI=1S/C18H19NO2S/c1-2-3-6-11-19-15-7-4-5-8-17(15)22(21)18-12-14(13-20)9-10-16(18)19/h4-5,7-10,12-13H,2-3,6,11H2,1H3. The second-order valence-corrected chi connectivity index (χ2v) is 6.86. The first kappa shape index (κ1) is 15.0. The van der Waals surface area contributed by atoms with E-state index in [0.717, 1.165) is 40.4 Å². The smallest absolute Gasteiger partial charge is 0.150 e. The van der Waals surface area contributed by atoms with Crippen LogP contribution in [0.25, 0.3) is 0 Å². The molecule has 0 radical (unpaired) electrons. The molecule has 1 atom stereocenters. The Labute approximate surface area is 133 Å². The number of anilines is 2. The van der Waals surface area contributed by atoms with Gasteiger partial charge in [0.15, 0.2) is 0 Å². The summed E-state index contributed by atoms with van der Waals surface area (Å²) in [6.07, 6.45) is 4.23. The molecule has 0 spiro atoms. The van der Waals surface area contributed by atoms with Crippen LogP contribution in [-0.4, -0.2) is 17.0 Å². The number of carbonyl (C=O) groups excluding carboxylic acids is 1. The number of carbonyl (C=O) groups is 1. The van der Waals surface area contributed by atoms with Crippen LogP contribution in [0.5, 0.6) is 0 Å². The maximum atomic E-state index is 12.8. The van der Waals surface area contributed by atoms with E-state index in [9.17, 15) is 9.00 Å². The molecule has 3 nitrogen and oxygen atoms in total. The fraction of sp³-hybridized carbons (Fsp3) is 0.278. The average molecular weight is 313 g/mol. The lowest BCUT2D eigenvalue weighted by Crippen LogP contribution is -2.25. The van der Waals surface area contributed by atoms with Gasteiger partial charge in [-0.1, -0.05) is 31.9 Å². The molecule has 0 N–H and O–H groups in total. The molecule has 3 rings (SSSR count). The molecule has 0 saturated heterocycles. The molecule has 0 aromatic heterocycles. The number of nitrogens with zero attached hydrogens (tertiary/aromatic N) is 1. The molecule has 4 heteroatoms. The summed E-state index contributed by atoms with van der Waals surface area (Å²) in [7, 11) is -1.23. The largest absolute Gasteiger partial charge is 0.339 e. The van der Waals surface area contributed by atoms with Crippen molar-refractivity contribution in [3.63, 3.8) is 0 Å². The van der Waals surface area contributed by atoms with Gasteiger partial charge in [-0.25, -0.2) is 4.21 Å². The summed E-state index contributed by atoms with van der Waals surface area (Å²) >= 11 is 0. The molecule has 1 aliphatic rings. The highest BCUT2D eigenvalue weighted by molar-refractivity contribution is 7.85. The maximum Gasteiger partial charge on any atom is 0.150 e. The monoisotopic (exact) mass is 313 g/mol. The first-order valence-corrected chi connectivity index (χ1v) is 8.79. The molecular formula is C18H19NO2S. The molecule has 1 aliphatic heterocycles. The third-order valence-electron chi connectivity index (χ3n) is 3.95. The second kappa shape index (κ2) is 6.44. The molecular weight excluding hydrogens is 294 g/mol. The molecule has 0 aliphatic carbocycles. The van der Waals surface area contributed by atoms with Gasteiger partial charge in [-0.15, -0.1) is 0 Å². The molecule has 0 saturated carbocycles. The van der Waals surface area contributed by atoms with E-state index in [1.165, 1.54) is 12.8 Å². The van der Waals surface area contributed by atoms with Gasteiger partial charge in [0.2, 0.25) is 0 Å². The number of hydrogen-bond donors (Lipinski definition) is 0. The molecule has 1 unspecified atom stereocenters. The van der Waals surface area contributed by atoms with Gasteiger partial charge in [0.1, 0.15) is 6.29 Å². The lowest BCUT2D eigenvalue weighted by Gasteiger charge is -2.32. The molecule has 22 heavy (non-hydrogen) atoms. The Morgan fingerprint density at radius 2 is 1.82 bits per heavy atom. The van der Waals surface area contributed by atoms with Crippen LogP contribution in [0.4, 0.5) is 11.4 Å². The van der Waals surface area contributed by atoms with Crippen molar-refractivity contribution >= 4 is 28.5 Å². The van der Waals surface area contributed by atoms with Crippen LogP contribution in [0, 0.1) is 0 Å². The van der Waals surface area contributed by atoms with Crippen molar-refractivity contribution in [1.29, 1.82) is 0 Å². The first-order chi connectivity index (χ1) is 10.8. The van der Waals surface area contributed by atoms with E-state index in [0.29, 0.717) is 5.56 Å². The van der Waals surface area contributed by atoms with Crippen molar-refractivity contribution < 1.29 is 9.00 Å². The Morgan fingerprint density at radius 3 is 2.59 bits per heavy atom. The van der Waals surface area contributed by atoms with Crippen LogP contribution in [-0.2, 0) is 10.8 Å². The molecule has 1 heterocycles. The van der Waals surface area contributed by atoms with Crippen molar-refractivity contribution in [3.8, 4) is 0 Å². The number of fused-ring (bicyclic) bond motifs is 2. The van der Waals surface area contributed by atoms with E-state index in [1.54, 1.807) is 12.1 Å². The van der Waals surface area contributed by atoms with E-state index in [1.807, 2.05) is 30.3 Å². The summed E-state index contributed by atoms with van der Waals surface area (Å²) in [6.45, 7) is 3.08. The summed E-state index contributed by atoms with van der Waals surface area (Å²) in [5.74, 6) is 0. The minimum Gasteiger partial charge on any atom is -0.339 e. The van der Waals surface area contributed by atoms with E-state index in [4.69, 9.17) is 0 Å². The maximum absolute atomic E-state index is 12.8. The van der Waals surface area contributed by atoms with E-state index in [2.05, 4.69) is 11.8 Å². The van der Waals surface area contributed by atoms with Crippen molar-refractivity contribution in [1.82, 2.24) is 0 Å². The van der Waals surface area contributed by atoms with Crippen molar-refractivity contribution in [2.75, 3.05) is 11.4 Å². The second-order valence-electron chi connectivity index (χ2n) is 5.44. The molecule has 2 aromatic rings. The van der Waals surface area contributed by atoms with Gasteiger partial charge in [0.25, 0.3) is 0 Å². The Kier molecular flexibility index (Phi) is 4.39. The lowest BCUT2D eigenvalue weighted by atomic mass is 10.1. The summed E-state index contributed by atoms with van der Waals surface area (Å²) in [5.41, 5.74) is 2.54. The van der Waals surface area contributed by atoms with E-state index < -0.39 is 10.8 Å². The molecule has 0 fully saturated rings. The number of hydrogen-bond acceptors (Lipinski definition) is 3. The molecule has 0 amide bonds. The van der Waals surface area contributed by atoms with Crippen LogP contribution < -0.4 is 4.90 Å². The van der Waals surface area contributed by atoms with Gasteiger partial charge in [-0.2, -0.15) is 0 Å². The average Bonchev–Trinajstić information content (AvgIpc) is 2.57. The number of rotatable bonds is 5. The quantitative estimate of drug-likeness (QED) is 0.610. The normalized spacial score (nSPS) is 16.0. The number of aldehydes is 1. The third-order valence-corrected chi connectivity index (χ3v) is 5.42. The summed E-state index contributed by atoms with van der Waals surface area (Å²) in [6, 6.07) is 13.3. The lowest BCUT2D eigenvalue weighted by molar-refractivity contribution is 0.112. The molecule has 2 aromatic carbocycles. The zero-order valence-electron chi connectivity index (χ0n) is 12.6. The summed E-state index contributed by atoms with van der Waals surface area (Å²) < 4.78 is 12.8. The van der Waals surface area contributed by atoms with Crippen molar-refractivity contribution in [2.24, 2.45) is 0 Å².